The zero-order chi connectivity index (χ0) is 15.5. The zero-order valence-electron chi connectivity index (χ0n) is 10.5. The average Bonchev–Trinajstić information content (AvgIpc) is 2.90. The van der Waals surface area contributed by atoms with Gasteiger partial charge in [0.05, 0.1) is 6.54 Å². The number of rotatable bonds is 3. The molecule has 1 N–H and O–H groups in total. The molecular formula is C12H10Cl3IN2OS2. The van der Waals surface area contributed by atoms with Gasteiger partial charge in [0.1, 0.15) is 9.75 Å². The van der Waals surface area contributed by atoms with Crippen LogP contribution in [0.15, 0.2) is 29.3 Å². The molecule has 0 bridgehead atoms. The number of nitrogens with one attached hydrogen (secondary N) is 1. The van der Waals surface area contributed by atoms with E-state index in [1.165, 1.54) is 11.8 Å². The second-order valence-corrected chi connectivity index (χ2v) is 10.1. The molecular weight excluding hydrogens is 486 g/mol. The normalized spacial score (nSPS) is 16.5. The molecule has 1 aromatic carbocycles. The first-order valence-electron chi connectivity index (χ1n) is 5.83. The predicted molar refractivity (Wildman–Crippen MR) is 103 cm³/mol. The van der Waals surface area contributed by atoms with Gasteiger partial charge in [-0.25, -0.2) is 0 Å². The number of carbonyl (C=O) groups is 1. The average molecular weight is 496 g/mol. The first-order chi connectivity index (χ1) is 9.86. The van der Waals surface area contributed by atoms with Gasteiger partial charge in [0.2, 0.25) is 3.79 Å². The number of carbonyl (C=O) groups excluding carboxylic acids is 1. The number of halogens is 4. The second kappa shape index (κ2) is 7.97. The molecule has 0 radical (unpaired) electrons. The van der Waals surface area contributed by atoms with Crippen LogP contribution in [0.4, 0.5) is 0 Å². The summed E-state index contributed by atoms with van der Waals surface area (Å²) in [6.07, 6.45) is 0. The molecule has 21 heavy (non-hydrogen) atoms. The van der Waals surface area contributed by atoms with Gasteiger partial charge in [-0.2, -0.15) is 0 Å². The van der Waals surface area contributed by atoms with E-state index in [-0.39, 0.29) is 5.91 Å². The lowest BCUT2D eigenvalue weighted by molar-refractivity contribution is 0.0950. The van der Waals surface area contributed by atoms with Crippen LogP contribution in [0.3, 0.4) is 0 Å². The third-order valence-electron chi connectivity index (χ3n) is 2.44. The summed E-state index contributed by atoms with van der Waals surface area (Å²) >= 11 is 22.9. The van der Waals surface area contributed by atoms with Crippen molar-refractivity contribution in [3.8, 4) is 0 Å². The van der Waals surface area contributed by atoms with Crippen LogP contribution in [0, 0.1) is 3.57 Å². The highest BCUT2D eigenvalue weighted by molar-refractivity contribution is 14.1. The molecule has 1 amide bonds. The Balaban J connectivity index is 2.07. The Kier molecular flexibility index (Phi) is 6.83. The van der Waals surface area contributed by atoms with Crippen molar-refractivity contribution in [2.24, 2.45) is 4.99 Å². The van der Waals surface area contributed by atoms with Gasteiger partial charge < -0.3 is 5.32 Å². The van der Waals surface area contributed by atoms with E-state index in [9.17, 15) is 4.79 Å². The quantitative estimate of drug-likeness (QED) is 0.380. The lowest BCUT2D eigenvalue weighted by Gasteiger charge is -2.24. The summed E-state index contributed by atoms with van der Waals surface area (Å²) in [6, 6.07) is 7.17. The first kappa shape index (κ1) is 18.0. The zero-order valence-corrected chi connectivity index (χ0v) is 16.5. The number of aliphatic imine (C=N–C) groups is 1. The van der Waals surface area contributed by atoms with Crippen LogP contribution in [-0.4, -0.2) is 31.7 Å². The molecule has 1 heterocycles. The number of hydrogen-bond acceptors (Lipinski definition) is 4. The van der Waals surface area contributed by atoms with Crippen molar-refractivity contribution in [3.05, 3.63) is 33.4 Å². The van der Waals surface area contributed by atoms with Crippen LogP contribution in [0.25, 0.3) is 0 Å². The largest absolute Gasteiger partial charge is 0.336 e. The lowest BCUT2D eigenvalue weighted by atomic mass is 10.2. The van der Waals surface area contributed by atoms with Crippen LogP contribution in [0.2, 0.25) is 0 Å². The van der Waals surface area contributed by atoms with Crippen molar-refractivity contribution in [1.82, 2.24) is 5.32 Å². The van der Waals surface area contributed by atoms with Gasteiger partial charge in [-0.3, -0.25) is 9.79 Å². The summed E-state index contributed by atoms with van der Waals surface area (Å²) in [5, 5.41) is 2.06. The van der Waals surface area contributed by atoms with Crippen LogP contribution >= 0.6 is 80.9 Å². The Morgan fingerprint density at radius 3 is 2.57 bits per heavy atom. The van der Waals surface area contributed by atoms with E-state index in [4.69, 9.17) is 34.8 Å². The standard InChI is InChI=1S/C12H10Cl3IN2OS2/c13-12(14,15)10(21-11-17-5-6-20-11)18-9(19)7-1-3-8(16)4-2-7/h1-4,10H,5-6H2,(H,18,19)/t10-/m1/s1. The molecule has 0 unspecified atom stereocenters. The molecule has 2 rings (SSSR count). The summed E-state index contributed by atoms with van der Waals surface area (Å²) in [4.78, 5) is 16.5. The van der Waals surface area contributed by atoms with Gasteiger partial charge in [-0.1, -0.05) is 58.3 Å². The molecule has 0 aliphatic carbocycles. The Bertz CT molecular complexity index is 548. The maximum absolute atomic E-state index is 12.2. The number of nitrogens with zero attached hydrogens (tertiary/aromatic N) is 1. The molecule has 9 heteroatoms. The minimum Gasteiger partial charge on any atom is -0.336 e. The van der Waals surface area contributed by atoms with Gasteiger partial charge >= 0.3 is 0 Å². The fourth-order valence-electron chi connectivity index (χ4n) is 1.47. The Hall–Kier alpha value is 0.660. The Morgan fingerprint density at radius 2 is 2.05 bits per heavy atom. The fraction of sp³-hybridized carbons (Fsp3) is 0.333. The molecule has 1 aromatic rings. The molecule has 0 aromatic heterocycles. The van der Waals surface area contributed by atoms with Gasteiger partial charge in [0.15, 0.2) is 0 Å². The van der Waals surface area contributed by atoms with E-state index in [2.05, 4.69) is 32.9 Å². The number of benzene rings is 1. The highest BCUT2D eigenvalue weighted by Gasteiger charge is 2.36. The fourth-order valence-corrected chi connectivity index (χ4v) is 4.41. The summed E-state index contributed by atoms with van der Waals surface area (Å²) in [6.45, 7) is 0.755. The number of alkyl halides is 3. The number of thioether (sulfide) groups is 2. The lowest BCUT2D eigenvalue weighted by Crippen LogP contribution is -2.41. The summed E-state index contributed by atoms with van der Waals surface area (Å²) in [7, 11) is 0. The maximum Gasteiger partial charge on any atom is 0.252 e. The van der Waals surface area contributed by atoms with E-state index in [1.807, 2.05) is 12.1 Å². The second-order valence-electron chi connectivity index (χ2n) is 4.02. The molecule has 0 saturated heterocycles. The minimum atomic E-state index is -1.62. The number of hydrogen-bond donors (Lipinski definition) is 1. The maximum atomic E-state index is 12.2. The molecule has 0 spiro atoms. The monoisotopic (exact) mass is 494 g/mol. The summed E-state index contributed by atoms with van der Waals surface area (Å²) in [5.41, 5.74) is 0.524. The van der Waals surface area contributed by atoms with Crippen molar-refractivity contribution >= 4 is 91.2 Å². The highest BCUT2D eigenvalue weighted by Crippen LogP contribution is 2.39. The van der Waals surface area contributed by atoms with Crippen LogP contribution in [0.1, 0.15) is 10.4 Å². The molecule has 1 aliphatic rings. The van der Waals surface area contributed by atoms with E-state index < -0.39 is 9.17 Å². The summed E-state index contributed by atoms with van der Waals surface area (Å²) < 4.78 is 0.261. The highest BCUT2D eigenvalue weighted by atomic mass is 127. The smallest absolute Gasteiger partial charge is 0.252 e. The summed E-state index contributed by atoms with van der Waals surface area (Å²) in [5.74, 6) is 0.638. The third kappa shape index (κ3) is 5.66. The van der Waals surface area contributed by atoms with Gasteiger partial charge in [0.25, 0.3) is 5.91 Å². The minimum absolute atomic E-state index is 0.279. The van der Waals surface area contributed by atoms with E-state index in [1.54, 1.807) is 23.9 Å². The van der Waals surface area contributed by atoms with Crippen molar-refractivity contribution in [2.45, 2.75) is 9.17 Å². The molecule has 1 aliphatic heterocycles. The van der Waals surface area contributed by atoms with E-state index >= 15 is 0 Å². The molecule has 0 fully saturated rings. The number of amides is 1. The van der Waals surface area contributed by atoms with Gasteiger partial charge in [-0.05, 0) is 46.9 Å². The van der Waals surface area contributed by atoms with Crippen LogP contribution in [0.5, 0.6) is 0 Å². The van der Waals surface area contributed by atoms with Crippen molar-refractivity contribution in [2.75, 3.05) is 12.3 Å². The van der Waals surface area contributed by atoms with Crippen molar-refractivity contribution in [3.63, 3.8) is 0 Å². The molecule has 1 atom stereocenters. The van der Waals surface area contributed by atoms with Crippen LogP contribution in [-0.2, 0) is 0 Å². The van der Waals surface area contributed by atoms with Gasteiger partial charge in [-0.15, -0.1) is 0 Å². The molecule has 0 saturated carbocycles. The van der Waals surface area contributed by atoms with Crippen LogP contribution < -0.4 is 5.32 Å². The van der Waals surface area contributed by atoms with Gasteiger partial charge in [0, 0.05) is 14.9 Å². The first-order valence-corrected chi connectivity index (χ1v) is 9.91. The van der Waals surface area contributed by atoms with E-state index in [0.717, 1.165) is 20.2 Å². The SMILES string of the molecule is O=C(N[C@H](SC1=NCCS1)C(Cl)(Cl)Cl)c1ccc(I)cc1. The predicted octanol–water partition coefficient (Wildman–Crippen LogP) is 4.55. The van der Waals surface area contributed by atoms with Crippen molar-refractivity contribution in [1.29, 1.82) is 0 Å². The Morgan fingerprint density at radius 1 is 1.38 bits per heavy atom. The van der Waals surface area contributed by atoms with Crippen molar-refractivity contribution < 1.29 is 4.79 Å². The topological polar surface area (TPSA) is 41.5 Å². The third-order valence-corrected chi connectivity index (χ3v) is 6.65. The molecule has 3 nitrogen and oxygen atoms in total. The Labute approximate surface area is 160 Å². The molecule has 114 valence electrons. The van der Waals surface area contributed by atoms with E-state index in [0.29, 0.717) is 5.56 Å².